The highest BCUT2D eigenvalue weighted by Crippen LogP contribution is 2.23. The monoisotopic (exact) mass is 398 g/mol. The maximum Gasteiger partial charge on any atom is 0.340 e. The second-order valence-corrected chi connectivity index (χ2v) is 6.84. The van der Waals surface area contributed by atoms with E-state index in [1.807, 2.05) is 0 Å². The van der Waals surface area contributed by atoms with Gasteiger partial charge in [0.15, 0.2) is 0 Å². The molecule has 1 fully saturated rings. The number of para-hydroxylation sites is 1. The number of ether oxygens (including phenoxy) is 1. The fraction of sp³-hybridized carbons (Fsp3) is 0.318. The number of rotatable bonds is 7. The average molecular weight is 398 g/mol. The van der Waals surface area contributed by atoms with Gasteiger partial charge in [0.2, 0.25) is 11.8 Å². The normalized spacial score (nSPS) is 16.0. The Morgan fingerprint density at radius 1 is 1.17 bits per heavy atom. The molecule has 2 amide bonds. The van der Waals surface area contributed by atoms with Gasteiger partial charge in [0.1, 0.15) is 5.82 Å². The van der Waals surface area contributed by atoms with Crippen LogP contribution < -0.4 is 5.32 Å². The first-order valence-corrected chi connectivity index (χ1v) is 9.57. The fourth-order valence-electron chi connectivity index (χ4n) is 3.33. The van der Waals surface area contributed by atoms with Gasteiger partial charge in [-0.15, -0.1) is 0 Å². The van der Waals surface area contributed by atoms with E-state index in [9.17, 15) is 18.8 Å². The van der Waals surface area contributed by atoms with Crippen molar-refractivity contribution in [3.05, 3.63) is 65.5 Å². The van der Waals surface area contributed by atoms with E-state index >= 15 is 0 Å². The standard InChI is InChI=1S/C22H23FN2O4/c1-2-29-22(28)17-8-4-6-10-19(17)24-21(27)16-13-20(26)25(14-16)12-11-15-7-3-5-9-18(15)23/h3-10,16H,2,11-14H2,1H3,(H,24,27). The van der Waals surface area contributed by atoms with Gasteiger partial charge in [0.05, 0.1) is 23.8 Å². The Balaban J connectivity index is 1.61. The highest BCUT2D eigenvalue weighted by molar-refractivity contribution is 6.03. The van der Waals surface area contributed by atoms with Crippen molar-refractivity contribution in [3.8, 4) is 0 Å². The lowest BCUT2D eigenvalue weighted by Gasteiger charge is -2.17. The van der Waals surface area contributed by atoms with Crippen LogP contribution in [-0.2, 0) is 20.7 Å². The predicted molar refractivity (Wildman–Crippen MR) is 106 cm³/mol. The number of carbonyl (C=O) groups is 3. The molecular weight excluding hydrogens is 375 g/mol. The first-order valence-electron chi connectivity index (χ1n) is 9.57. The number of hydrogen-bond acceptors (Lipinski definition) is 4. The van der Waals surface area contributed by atoms with Gasteiger partial charge in [-0.1, -0.05) is 30.3 Å². The van der Waals surface area contributed by atoms with Gasteiger partial charge in [-0.25, -0.2) is 9.18 Å². The maximum atomic E-state index is 13.8. The van der Waals surface area contributed by atoms with Gasteiger partial charge in [0.25, 0.3) is 0 Å². The fourth-order valence-corrected chi connectivity index (χ4v) is 3.33. The van der Waals surface area contributed by atoms with Crippen LogP contribution in [0, 0.1) is 11.7 Å². The van der Waals surface area contributed by atoms with Gasteiger partial charge in [-0.2, -0.15) is 0 Å². The molecule has 1 unspecified atom stereocenters. The molecule has 2 aromatic rings. The van der Waals surface area contributed by atoms with Crippen LogP contribution in [0.2, 0.25) is 0 Å². The molecule has 3 rings (SSSR count). The summed E-state index contributed by atoms with van der Waals surface area (Å²) in [5.74, 6) is -1.82. The summed E-state index contributed by atoms with van der Waals surface area (Å²) in [7, 11) is 0. The highest BCUT2D eigenvalue weighted by Gasteiger charge is 2.34. The smallest absolute Gasteiger partial charge is 0.340 e. The van der Waals surface area contributed by atoms with Crippen LogP contribution in [0.25, 0.3) is 0 Å². The summed E-state index contributed by atoms with van der Waals surface area (Å²) in [6, 6.07) is 13.0. The lowest BCUT2D eigenvalue weighted by Crippen LogP contribution is -2.30. The minimum absolute atomic E-state index is 0.0880. The lowest BCUT2D eigenvalue weighted by molar-refractivity contribution is -0.128. The second-order valence-electron chi connectivity index (χ2n) is 6.84. The van der Waals surface area contributed by atoms with E-state index in [2.05, 4.69) is 5.32 Å². The molecule has 0 aromatic heterocycles. The molecule has 7 heteroatoms. The number of benzene rings is 2. The predicted octanol–water partition coefficient (Wildman–Crippen LogP) is 3.03. The Morgan fingerprint density at radius 3 is 2.66 bits per heavy atom. The van der Waals surface area contributed by atoms with Crippen molar-refractivity contribution in [1.82, 2.24) is 4.90 Å². The molecule has 0 spiro atoms. The summed E-state index contributed by atoms with van der Waals surface area (Å²) in [5, 5.41) is 2.74. The van der Waals surface area contributed by atoms with Crippen LogP contribution in [0.4, 0.5) is 10.1 Å². The summed E-state index contributed by atoms with van der Waals surface area (Å²) in [6.45, 7) is 2.55. The summed E-state index contributed by atoms with van der Waals surface area (Å²) in [6.07, 6.45) is 0.475. The summed E-state index contributed by atoms with van der Waals surface area (Å²) < 4.78 is 18.8. The third kappa shape index (κ3) is 4.99. The van der Waals surface area contributed by atoms with Gasteiger partial charge < -0.3 is 15.0 Å². The molecule has 2 aromatic carbocycles. The molecule has 1 atom stereocenters. The molecule has 1 heterocycles. The van der Waals surface area contributed by atoms with Gasteiger partial charge in [0, 0.05) is 19.5 Å². The molecule has 0 saturated carbocycles. The number of hydrogen-bond donors (Lipinski definition) is 1. The third-order valence-corrected chi connectivity index (χ3v) is 4.87. The average Bonchev–Trinajstić information content (AvgIpc) is 3.09. The number of halogens is 1. The van der Waals surface area contributed by atoms with Crippen molar-refractivity contribution in [2.24, 2.45) is 5.92 Å². The molecule has 6 nitrogen and oxygen atoms in total. The number of likely N-dealkylation sites (tertiary alicyclic amines) is 1. The molecule has 1 N–H and O–H groups in total. The van der Waals surface area contributed by atoms with Crippen LogP contribution in [0.5, 0.6) is 0 Å². The Hall–Kier alpha value is -3.22. The van der Waals surface area contributed by atoms with Crippen molar-refractivity contribution in [2.45, 2.75) is 19.8 Å². The molecule has 0 bridgehead atoms. The Morgan fingerprint density at radius 2 is 1.90 bits per heavy atom. The molecule has 1 aliphatic rings. The first kappa shape index (κ1) is 20.5. The minimum atomic E-state index is -0.529. The zero-order valence-electron chi connectivity index (χ0n) is 16.2. The molecule has 1 aliphatic heterocycles. The van der Waals surface area contributed by atoms with E-state index in [0.717, 1.165) is 0 Å². The number of carbonyl (C=O) groups excluding carboxylic acids is 3. The third-order valence-electron chi connectivity index (χ3n) is 4.87. The van der Waals surface area contributed by atoms with E-state index in [1.165, 1.54) is 6.07 Å². The Bertz CT molecular complexity index is 915. The van der Waals surface area contributed by atoms with E-state index in [4.69, 9.17) is 4.74 Å². The minimum Gasteiger partial charge on any atom is -0.462 e. The maximum absolute atomic E-state index is 13.8. The lowest BCUT2D eigenvalue weighted by atomic mass is 10.1. The zero-order chi connectivity index (χ0) is 20.8. The zero-order valence-corrected chi connectivity index (χ0v) is 16.2. The molecule has 0 radical (unpaired) electrons. The molecular formula is C22H23FN2O4. The van der Waals surface area contributed by atoms with Gasteiger partial charge in [-0.05, 0) is 37.1 Å². The topological polar surface area (TPSA) is 75.7 Å². The van der Waals surface area contributed by atoms with E-state index in [0.29, 0.717) is 24.2 Å². The van der Waals surface area contributed by atoms with Crippen molar-refractivity contribution in [3.63, 3.8) is 0 Å². The Labute approximate surface area is 168 Å². The number of esters is 1. The quantitative estimate of drug-likeness (QED) is 0.728. The van der Waals surface area contributed by atoms with E-state index in [-0.39, 0.29) is 42.8 Å². The summed E-state index contributed by atoms with van der Waals surface area (Å²) in [5.41, 5.74) is 1.16. The number of anilines is 1. The molecule has 152 valence electrons. The first-order chi connectivity index (χ1) is 14.0. The molecule has 0 aliphatic carbocycles. The summed E-state index contributed by atoms with van der Waals surface area (Å²) >= 11 is 0. The largest absolute Gasteiger partial charge is 0.462 e. The summed E-state index contributed by atoms with van der Waals surface area (Å²) in [4.78, 5) is 38.6. The van der Waals surface area contributed by atoms with E-state index in [1.54, 1.807) is 54.3 Å². The van der Waals surface area contributed by atoms with Crippen molar-refractivity contribution < 1.29 is 23.5 Å². The van der Waals surface area contributed by atoms with Crippen molar-refractivity contribution in [1.29, 1.82) is 0 Å². The van der Waals surface area contributed by atoms with Crippen LogP contribution in [0.3, 0.4) is 0 Å². The molecule has 29 heavy (non-hydrogen) atoms. The Kier molecular flexibility index (Phi) is 6.59. The number of nitrogens with zero attached hydrogens (tertiary/aromatic N) is 1. The van der Waals surface area contributed by atoms with Crippen LogP contribution in [0.15, 0.2) is 48.5 Å². The van der Waals surface area contributed by atoms with Crippen molar-refractivity contribution >= 4 is 23.5 Å². The van der Waals surface area contributed by atoms with E-state index < -0.39 is 11.9 Å². The van der Waals surface area contributed by atoms with Crippen molar-refractivity contribution in [2.75, 3.05) is 25.0 Å². The van der Waals surface area contributed by atoms with Gasteiger partial charge >= 0.3 is 5.97 Å². The second kappa shape index (κ2) is 9.32. The molecule has 1 saturated heterocycles. The number of nitrogens with one attached hydrogen (secondary N) is 1. The van der Waals surface area contributed by atoms with Gasteiger partial charge in [-0.3, -0.25) is 9.59 Å². The van der Waals surface area contributed by atoms with Crippen LogP contribution in [-0.4, -0.2) is 42.4 Å². The number of amides is 2. The van der Waals surface area contributed by atoms with Crippen LogP contribution >= 0.6 is 0 Å². The highest BCUT2D eigenvalue weighted by atomic mass is 19.1. The SMILES string of the molecule is CCOC(=O)c1ccccc1NC(=O)C1CC(=O)N(CCc2ccccc2F)C1. The van der Waals surface area contributed by atoms with Crippen LogP contribution in [0.1, 0.15) is 29.3 Å².